The highest BCUT2D eigenvalue weighted by atomic mass is 15.3. The van der Waals surface area contributed by atoms with Crippen molar-refractivity contribution in [2.24, 2.45) is 0 Å². The number of anilines is 3. The molecule has 19 heavy (non-hydrogen) atoms. The molecule has 2 N–H and O–H groups in total. The summed E-state index contributed by atoms with van der Waals surface area (Å²) in [6.45, 7) is 4.19. The SMILES string of the molecule is Nc1ccc(N2CCN(c3cc[c]cc3)CC2)cc1. The van der Waals surface area contributed by atoms with Crippen LogP contribution in [0.2, 0.25) is 0 Å². The predicted octanol–water partition coefficient (Wildman–Crippen LogP) is 2.40. The molecule has 1 saturated heterocycles. The molecular weight excluding hydrogens is 234 g/mol. The summed E-state index contributed by atoms with van der Waals surface area (Å²) in [5, 5.41) is 0. The number of nitrogen functional groups attached to an aromatic ring is 1. The van der Waals surface area contributed by atoms with E-state index in [4.69, 9.17) is 5.73 Å². The Morgan fingerprint density at radius 3 is 1.74 bits per heavy atom. The molecule has 0 amide bonds. The molecule has 1 radical (unpaired) electrons. The van der Waals surface area contributed by atoms with Gasteiger partial charge in [0.05, 0.1) is 0 Å². The van der Waals surface area contributed by atoms with Crippen LogP contribution in [0, 0.1) is 6.07 Å². The molecule has 0 aromatic heterocycles. The van der Waals surface area contributed by atoms with Gasteiger partial charge in [-0.15, -0.1) is 0 Å². The van der Waals surface area contributed by atoms with E-state index in [2.05, 4.69) is 40.1 Å². The molecule has 1 aliphatic heterocycles. The second-order valence-corrected chi connectivity index (χ2v) is 4.82. The minimum absolute atomic E-state index is 0.822. The number of hydrogen-bond acceptors (Lipinski definition) is 3. The second-order valence-electron chi connectivity index (χ2n) is 4.82. The van der Waals surface area contributed by atoms with E-state index >= 15 is 0 Å². The number of piperazine rings is 1. The summed E-state index contributed by atoms with van der Waals surface area (Å²) in [7, 11) is 0. The average molecular weight is 252 g/mol. The quantitative estimate of drug-likeness (QED) is 0.833. The highest BCUT2D eigenvalue weighted by Crippen LogP contribution is 2.20. The van der Waals surface area contributed by atoms with Crippen molar-refractivity contribution in [1.82, 2.24) is 0 Å². The first-order valence-electron chi connectivity index (χ1n) is 6.64. The van der Waals surface area contributed by atoms with Crippen LogP contribution in [0.5, 0.6) is 0 Å². The Hall–Kier alpha value is -2.16. The molecule has 97 valence electrons. The maximum atomic E-state index is 5.72. The van der Waals surface area contributed by atoms with E-state index in [0.29, 0.717) is 0 Å². The van der Waals surface area contributed by atoms with E-state index in [0.717, 1.165) is 31.9 Å². The molecule has 0 unspecified atom stereocenters. The molecule has 1 aliphatic rings. The minimum atomic E-state index is 0.822. The lowest BCUT2D eigenvalue weighted by molar-refractivity contribution is 0.653. The van der Waals surface area contributed by atoms with Gasteiger partial charge in [0.2, 0.25) is 0 Å². The lowest BCUT2D eigenvalue weighted by Gasteiger charge is -2.37. The van der Waals surface area contributed by atoms with Crippen LogP contribution in [0.1, 0.15) is 0 Å². The standard InChI is InChI=1S/C16H18N3/c17-14-6-8-16(9-7-14)19-12-10-18(11-13-19)15-4-2-1-3-5-15/h2-9H,10-13,17H2. The minimum Gasteiger partial charge on any atom is -0.399 e. The predicted molar refractivity (Wildman–Crippen MR) is 80.6 cm³/mol. The summed E-state index contributed by atoms with van der Waals surface area (Å²) >= 11 is 0. The third kappa shape index (κ3) is 2.65. The summed E-state index contributed by atoms with van der Waals surface area (Å²) < 4.78 is 0. The molecule has 0 spiro atoms. The van der Waals surface area contributed by atoms with Gasteiger partial charge in [0.15, 0.2) is 0 Å². The molecule has 3 nitrogen and oxygen atoms in total. The Kier molecular flexibility index (Phi) is 3.27. The van der Waals surface area contributed by atoms with Gasteiger partial charge in [-0.2, -0.15) is 0 Å². The van der Waals surface area contributed by atoms with E-state index in [1.54, 1.807) is 0 Å². The Morgan fingerprint density at radius 1 is 0.737 bits per heavy atom. The number of hydrogen-bond donors (Lipinski definition) is 1. The molecular formula is C16H18N3. The summed E-state index contributed by atoms with van der Waals surface area (Å²) in [6.07, 6.45) is 0. The van der Waals surface area contributed by atoms with Crippen LogP contribution in [0.15, 0.2) is 48.5 Å². The van der Waals surface area contributed by atoms with Crippen molar-refractivity contribution in [3.8, 4) is 0 Å². The Labute approximate surface area is 114 Å². The lowest BCUT2D eigenvalue weighted by Crippen LogP contribution is -2.46. The van der Waals surface area contributed by atoms with Gasteiger partial charge < -0.3 is 15.5 Å². The zero-order chi connectivity index (χ0) is 13.1. The largest absolute Gasteiger partial charge is 0.399 e. The van der Waals surface area contributed by atoms with Gasteiger partial charge in [-0.25, -0.2) is 0 Å². The molecule has 2 aromatic carbocycles. The fourth-order valence-corrected chi connectivity index (χ4v) is 2.50. The topological polar surface area (TPSA) is 32.5 Å². The van der Waals surface area contributed by atoms with Crippen LogP contribution in [-0.2, 0) is 0 Å². The summed E-state index contributed by atoms with van der Waals surface area (Å²) in [6, 6.07) is 19.4. The maximum absolute atomic E-state index is 5.72. The monoisotopic (exact) mass is 252 g/mol. The molecule has 3 rings (SSSR count). The van der Waals surface area contributed by atoms with Crippen molar-refractivity contribution in [2.75, 3.05) is 41.7 Å². The third-order valence-electron chi connectivity index (χ3n) is 3.60. The Bertz CT molecular complexity index is 513. The maximum Gasteiger partial charge on any atom is 0.0368 e. The van der Waals surface area contributed by atoms with Gasteiger partial charge in [-0.3, -0.25) is 0 Å². The van der Waals surface area contributed by atoms with Crippen LogP contribution < -0.4 is 15.5 Å². The first kappa shape index (κ1) is 11.9. The number of rotatable bonds is 2. The van der Waals surface area contributed by atoms with E-state index in [-0.39, 0.29) is 0 Å². The molecule has 0 saturated carbocycles. The van der Waals surface area contributed by atoms with Gasteiger partial charge in [0, 0.05) is 43.2 Å². The molecule has 3 heteroatoms. The first-order valence-corrected chi connectivity index (χ1v) is 6.64. The highest BCUT2D eigenvalue weighted by Gasteiger charge is 2.17. The molecule has 2 aromatic rings. The lowest BCUT2D eigenvalue weighted by atomic mass is 10.2. The number of nitrogens with zero attached hydrogens (tertiary/aromatic N) is 2. The summed E-state index contributed by atoms with van der Waals surface area (Å²) in [5.41, 5.74) is 9.09. The smallest absolute Gasteiger partial charge is 0.0368 e. The van der Waals surface area contributed by atoms with E-state index in [9.17, 15) is 0 Å². The fraction of sp³-hybridized carbons (Fsp3) is 0.250. The van der Waals surface area contributed by atoms with Crippen molar-refractivity contribution in [3.05, 3.63) is 54.6 Å². The first-order chi connectivity index (χ1) is 9.33. The van der Waals surface area contributed by atoms with E-state index < -0.39 is 0 Å². The van der Waals surface area contributed by atoms with Crippen LogP contribution in [0.3, 0.4) is 0 Å². The van der Waals surface area contributed by atoms with Crippen LogP contribution in [0.4, 0.5) is 17.1 Å². The van der Waals surface area contributed by atoms with Crippen LogP contribution in [-0.4, -0.2) is 26.2 Å². The van der Waals surface area contributed by atoms with Crippen molar-refractivity contribution in [3.63, 3.8) is 0 Å². The summed E-state index contributed by atoms with van der Waals surface area (Å²) in [4.78, 5) is 4.83. The second kappa shape index (κ2) is 5.22. The van der Waals surface area contributed by atoms with Gasteiger partial charge in [0.25, 0.3) is 0 Å². The molecule has 0 aliphatic carbocycles. The van der Waals surface area contributed by atoms with Crippen molar-refractivity contribution >= 4 is 17.1 Å². The fourth-order valence-electron chi connectivity index (χ4n) is 2.50. The van der Waals surface area contributed by atoms with Crippen LogP contribution >= 0.6 is 0 Å². The van der Waals surface area contributed by atoms with Gasteiger partial charge in [0.1, 0.15) is 0 Å². The highest BCUT2D eigenvalue weighted by molar-refractivity contribution is 5.55. The number of nitrogens with two attached hydrogens (primary N) is 1. The number of benzene rings is 2. The average Bonchev–Trinajstić information content (AvgIpc) is 2.49. The molecule has 0 atom stereocenters. The van der Waals surface area contributed by atoms with Crippen molar-refractivity contribution < 1.29 is 0 Å². The zero-order valence-corrected chi connectivity index (χ0v) is 10.9. The van der Waals surface area contributed by atoms with Crippen LogP contribution in [0.25, 0.3) is 0 Å². The Morgan fingerprint density at radius 2 is 1.21 bits per heavy atom. The normalized spacial score (nSPS) is 15.6. The zero-order valence-electron chi connectivity index (χ0n) is 10.9. The van der Waals surface area contributed by atoms with Gasteiger partial charge in [-0.1, -0.05) is 12.1 Å². The van der Waals surface area contributed by atoms with E-state index in [1.165, 1.54) is 11.4 Å². The Balaban J connectivity index is 1.65. The molecule has 1 heterocycles. The summed E-state index contributed by atoms with van der Waals surface area (Å²) in [5.74, 6) is 0. The van der Waals surface area contributed by atoms with Crippen molar-refractivity contribution in [2.45, 2.75) is 0 Å². The van der Waals surface area contributed by atoms with E-state index in [1.807, 2.05) is 24.3 Å². The van der Waals surface area contributed by atoms with Gasteiger partial charge >= 0.3 is 0 Å². The van der Waals surface area contributed by atoms with Gasteiger partial charge in [-0.05, 0) is 42.5 Å². The third-order valence-corrected chi connectivity index (χ3v) is 3.60. The molecule has 1 fully saturated rings. The van der Waals surface area contributed by atoms with Crippen molar-refractivity contribution in [1.29, 1.82) is 0 Å². The molecule has 0 bridgehead atoms.